The first-order valence-electron chi connectivity index (χ1n) is 6.09. The van der Waals surface area contributed by atoms with Gasteiger partial charge in [-0.05, 0) is 18.2 Å². The van der Waals surface area contributed by atoms with Gasteiger partial charge in [-0.25, -0.2) is 0 Å². The number of hydrogen-bond acceptors (Lipinski definition) is 4. The van der Waals surface area contributed by atoms with Crippen LogP contribution >= 0.6 is 23.2 Å². The van der Waals surface area contributed by atoms with Gasteiger partial charge in [0.05, 0.1) is 10.7 Å². The Bertz CT molecular complexity index is 677. The molecular weight excluding hydrogens is 313 g/mol. The Kier molecular flexibility index (Phi) is 4.88. The largest absolute Gasteiger partial charge is 0.435 e. The van der Waals surface area contributed by atoms with Crippen molar-refractivity contribution in [3.05, 3.63) is 40.4 Å². The number of nitrogens with zero attached hydrogens (tertiary/aromatic N) is 1. The number of rotatable bonds is 4. The number of carbonyl (C=O) groups excluding carboxylic acids is 1. The van der Waals surface area contributed by atoms with E-state index in [1.807, 2.05) is 0 Å². The standard InChI is InChI=1S/C14H13Cl2N3O2/c1-8(20)18-11-5-3-4-6-12(11)21-14-10(16)7-9(15)13(17-2)19-14/h3-7H,1-2H3,(H,17,19)(H,18,20). The number of aromatic nitrogens is 1. The van der Waals surface area contributed by atoms with Gasteiger partial charge in [-0.2, -0.15) is 4.98 Å². The average molecular weight is 326 g/mol. The Hall–Kier alpha value is -1.98. The molecule has 0 fully saturated rings. The summed E-state index contributed by atoms with van der Waals surface area (Å²) in [6, 6.07) is 8.53. The van der Waals surface area contributed by atoms with Gasteiger partial charge in [0.1, 0.15) is 10.8 Å². The highest BCUT2D eigenvalue weighted by Gasteiger charge is 2.13. The molecule has 5 nitrogen and oxygen atoms in total. The van der Waals surface area contributed by atoms with Crippen LogP contribution < -0.4 is 15.4 Å². The number of amides is 1. The number of para-hydroxylation sites is 2. The van der Waals surface area contributed by atoms with Gasteiger partial charge in [-0.15, -0.1) is 0 Å². The summed E-state index contributed by atoms with van der Waals surface area (Å²) in [6.45, 7) is 1.42. The van der Waals surface area contributed by atoms with Gasteiger partial charge < -0.3 is 15.4 Å². The summed E-state index contributed by atoms with van der Waals surface area (Å²) in [5.41, 5.74) is 0.531. The molecule has 2 N–H and O–H groups in total. The summed E-state index contributed by atoms with van der Waals surface area (Å²) in [7, 11) is 1.69. The number of anilines is 2. The summed E-state index contributed by atoms with van der Waals surface area (Å²) >= 11 is 12.1. The van der Waals surface area contributed by atoms with Gasteiger partial charge in [0.25, 0.3) is 0 Å². The molecule has 1 heterocycles. The van der Waals surface area contributed by atoms with E-state index in [-0.39, 0.29) is 16.8 Å². The average Bonchev–Trinajstić information content (AvgIpc) is 2.43. The highest BCUT2D eigenvalue weighted by Crippen LogP contribution is 2.35. The first kappa shape index (κ1) is 15.4. The molecule has 7 heteroatoms. The zero-order chi connectivity index (χ0) is 15.4. The highest BCUT2D eigenvalue weighted by atomic mass is 35.5. The van der Waals surface area contributed by atoms with Crippen LogP contribution in [0.25, 0.3) is 0 Å². The van der Waals surface area contributed by atoms with Crippen LogP contribution in [0, 0.1) is 0 Å². The molecule has 1 aromatic heterocycles. The Balaban J connectivity index is 2.36. The summed E-state index contributed by atoms with van der Waals surface area (Å²) in [4.78, 5) is 15.4. The number of hydrogen-bond donors (Lipinski definition) is 2. The molecule has 1 amide bonds. The van der Waals surface area contributed by atoms with Crippen molar-refractivity contribution in [1.29, 1.82) is 0 Å². The Morgan fingerprint density at radius 3 is 2.62 bits per heavy atom. The molecular formula is C14H13Cl2N3O2. The molecule has 0 radical (unpaired) electrons. The van der Waals surface area contributed by atoms with Crippen molar-refractivity contribution in [2.75, 3.05) is 17.7 Å². The molecule has 0 aliphatic rings. The SMILES string of the molecule is CNc1nc(Oc2ccccc2NC(C)=O)c(Cl)cc1Cl. The summed E-state index contributed by atoms with van der Waals surface area (Å²) in [5, 5.41) is 6.19. The molecule has 0 atom stereocenters. The molecule has 0 bridgehead atoms. The third-order valence-electron chi connectivity index (χ3n) is 2.54. The lowest BCUT2D eigenvalue weighted by atomic mass is 10.3. The predicted octanol–water partition coefficient (Wildman–Crippen LogP) is 4.18. The zero-order valence-corrected chi connectivity index (χ0v) is 12.9. The van der Waals surface area contributed by atoms with Crippen LogP contribution in [0.1, 0.15) is 6.92 Å². The van der Waals surface area contributed by atoms with Crippen LogP contribution in [0.3, 0.4) is 0 Å². The lowest BCUT2D eigenvalue weighted by molar-refractivity contribution is -0.114. The van der Waals surface area contributed by atoms with Crippen molar-refractivity contribution in [2.45, 2.75) is 6.92 Å². The van der Waals surface area contributed by atoms with Crippen LogP contribution in [0.2, 0.25) is 10.0 Å². The zero-order valence-electron chi connectivity index (χ0n) is 11.4. The molecule has 1 aromatic carbocycles. The minimum atomic E-state index is -0.197. The third-order valence-corrected chi connectivity index (χ3v) is 3.10. The van der Waals surface area contributed by atoms with Gasteiger partial charge in [0.2, 0.25) is 11.8 Å². The van der Waals surface area contributed by atoms with Gasteiger partial charge in [0, 0.05) is 14.0 Å². The number of carbonyl (C=O) groups is 1. The fourth-order valence-corrected chi connectivity index (χ4v) is 2.14. The monoisotopic (exact) mass is 325 g/mol. The van der Waals surface area contributed by atoms with E-state index in [9.17, 15) is 4.79 Å². The Morgan fingerprint density at radius 2 is 1.95 bits per heavy atom. The van der Waals surface area contributed by atoms with Crippen molar-refractivity contribution >= 4 is 40.6 Å². The second-order valence-electron chi connectivity index (χ2n) is 4.14. The van der Waals surface area contributed by atoms with Gasteiger partial charge >= 0.3 is 0 Å². The van der Waals surface area contributed by atoms with Gasteiger partial charge in [-0.3, -0.25) is 4.79 Å². The smallest absolute Gasteiger partial charge is 0.240 e. The van der Waals surface area contributed by atoms with Crippen molar-refractivity contribution in [2.24, 2.45) is 0 Å². The number of halogens is 2. The molecule has 2 aromatic rings. The maximum absolute atomic E-state index is 11.2. The van der Waals surface area contributed by atoms with E-state index in [2.05, 4.69) is 15.6 Å². The maximum atomic E-state index is 11.2. The topological polar surface area (TPSA) is 63.3 Å². The Labute approximate surface area is 132 Å². The van der Waals surface area contributed by atoms with Crippen LogP contribution in [0.15, 0.2) is 30.3 Å². The Morgan fingerprint density at radius 1 is 1.24 bits per heavy atom. The maximum Gasteiger partial charge on any atom is 0.240 e. The molecule has 0 aliphatic carbocycles. The molecule has 21 heavy (non-hydrogen) atoms. The summed E-state index contributed by atoms with van der Waals surface area (Å²) < 4.78 is 5.68. The first-order valence-corrected chi connectivity index (χ1v) is 6.85. The number of pyridine rings is 1. The normalized spacial score (nSPS) is 10.1. The summed E-state index contributed by atoms with van der Waals surface area (Å²) in [6.07, 6.45) is 0. The molecule has 0 aliphatic heterocycles. The number of nitrogens with one attached hydrogen (secondary N) is 2. The van der Waals surface area contributed by atoms with Crippen molar-refractivity contribution in [3.63, 3.8) is 0 Å². The van der Waals surface area contributed by atoms with Crippen molar-refractivity contribution in [3.8, 4) is 11.6 Å². The second-order valence-corrected chi connectivity index (χ2v) is 4.95. The van der Waals surface area contributed by atoms with E-state index in [1.54, 1.807) is 31.3 Å². The minimum absolute atomic E-state index is 0.197. The van der Waals surface area contributed by atoms with E-state index in [4.69, 9.17) is 27.9 Å². The molecule has 0 spiro atoms. The van der Waals surface area contributed by atoms with Crippen molar-refractivity contribution in [1.82, 2.24) is 4.98 Å². The number of ether oxygens (including phenoxy) is 1. The molecule has 0 unspecified atom stereocenters. The fourth-order valence-electron chi connectivity index (χ4n) is 1.65. The minimum Gasteiger partial charge on any atom is -0.435 e. The lowest BCUT2D eigenvalue weighted by Gasteiger charge is -2.13. The molecule has 0 saturated heterocycles. The van der Waals surface area contributed by atoms with E-state index in [0.717, 1.165) is 0 Å². The molecule has 2 rings (SSSR count). The highest BCUT2D eigenvalue weighted by molar-refractivity contribution is 6.36. The quantitative estimate of drug-likeness (QED) is 0.885. The van der Waals surface area contributed by atoms with Crippen LogP contribution in [0.4, 0.5) is 11.5 Å². The van der Waals surface area contributed by atoms with E-state index in [1.165, 1.54) is 13.0 Å². The third kappa shape index (κ3) is 3.77. The van der Waals surface area contributed by atoms with Crippen LogP contribution in [-0.4, -0.2) is 17.9 Å². The van der Waals surface area contributed by atoms with E-state index in [0.29, 0.717) is 22.3 Å². The van der Waals surface area contributed by atoms with E-state index < -0.39 is 0 Å². The van der Waals surface area contributed by atoms with Crippen LogP contribution in [-0.2, 0) is 4.79 Å². The lowest BCUT2D eigenvalue weighted by Crippen LogP contribution is -2.07. The molecule has 0 saturated carbocycles. The van der Waals surface area contributed by atoms with Gasteiger partial charge in [-0.1, -0.05) is 35.3 Å². The van der Waals surface area contributed by atoms with Crippen LogP contribution in [0.5, 0.6) is 11.6 Å². The second kappa shape index (κ2) is 6.65. The molecule has 110 valence electrons. The van der Waals surface area contributed by atoms with Gasteiger partial charge in [0.15, 0.2) is 5.75 Å². The summed E-state index contributed by atoms with van der Waals surface area (Å²) in [5.74, 6) is 0.889. The van der Waals surface area contributed by atoms with Crippen molar-refractivity contribution < 1.29 is 9.53 Å². The van der Waals surface area contributed by atoms with E-state index >= 15 is 0 Å². The fraction of sp³-hybridized carbons (Fsp3) is 0.143. The first-order chi connectivity index (χ1) is 10.0. The number of benzene rings is 1. The predicted molar refractivity (Wildman–Crippen MR) is 84.6 cm³/mol.